The molecule has 0 unspecified atom stereocenters. The number of anilines is 1. The highest BCUT2D eigenvalue weighted by atomic mass is 16.3. The number of carbonyl (C=O) groups excluding carboxylic acids is 4. The van der Waals surface area contributed by atoms with E-state index in [9.17, 15) is 19.2 Å². The molecule has 0 atom stereocenters. The monoisotopic (exact) mass is 630 g/mol. The molecule has 10 nitrogen and oxygen atoms in total. The van der Waals surface area contributed by atoms with Crippen LogP contribution in [-0.4, -0.2) is 53.6 Å². The summed E-state index contributed by atoms with van der Waals surface area (Å²) in [7, 11) is 0. The second kappa shape index (κ2) is 20.5. The fourth-order valence-electron chi connectivity index (χ4n) is 4.72. The molecule has 0 saturated heterocycles. The molecule has 3 rings (SSSR count). The molecule has 0 spiro atoms. The Morgan fingerprint density at radius 1 is 0.522 bits per heavy atom. The highest BCUT2D eigenvalue weighted by Crippen LogP contribution is 2.12. The van der Waals surface area contributed by atoms with Gasteiger partial charge in [-0.1, -0.05) is 49.2 Å². The summed E-state index contributed by atoms with van der Waals surface area (Å²) in [5, 5.41) is 28.9. The number of hydrogen-bond donors (Lipinski definition) is 6. The zero-order valence-electron chi connectivity index (χ0n) is 26.4. The molecule has 0 fully saturated rings. The number of Topliss-reactive ketones (excluding diaryl/α,β-unsaturated/α-hetero) is 1. The number of hydrogen-bond acceptors (Lipinski definition) is 6. The zero-order valence-corrected chi connectivity index (χ0v) is 26.4. The Labute approximate surface area is 271 Å². The zero-order chi connectivity index (χ0) is 33.0. The molecule has 10 heteroatoms. The molecule has 46 heavy (non-hydrogen) atoms. The van der Waals surface area contributed by atoms with Gasteiger partial charge >= 0.3 is 6.03 Å². The van der Waals surface area contributed by atoms with Gasteiger partial charge in [-0.25, -0.2) is 4.79 Å². The fraction of sp³-hybridized carbons (Fsp3) is 0.389. The average molecular weight is 631 g/mol. The van der Waals surface area contributed by atoms with E-state index in [2.05, 4.69) is 21.3 Å². The first kappa shape index (κ1) is 35.9. The van der Waals surface area contributed by atoms with Crippen LogP contribution in [0.3, 0.4) is 0 Å². The number of urea groups is 1. The summed E-state index contributed by atoms with van der Waals surface area (Å²) in [4.78, 5) is 49.5. The van der Waals surface area contributed by atoms with Crippen LogP contribution in [0, 0.1) is 0 Å². The van der Waals surface area contributed by atoms with Gasteiger partial charge in [-0.15, -0.1) is 0 Å². The summed E-state index contributed by atoms with van der Waals surface area (Å²) in [5.74, 6) is -0.319. The highest BCUT2D eigenvalue weighted by molar-refractivity contribution is 5.97. The molecule has 0 aliphatic rings. The van der Waals surface area contributed by atoms with E-state index in [0.29, 0.717) is 49.3 Å². The third-order valence-corrected chi connectivity index (χ3v) is 7.44. The Hall–Kier alpha value is -4.54. The summed E-state index contributed by atoms with van der Waals surface area (Å²) in [6, 6.07) is 21.0. The lowest BCUT2D eigenvalue weighted by Gasteiger charge is -2.10. The quantitative estimate of drug-likeness (QED) is 0.0977. The molecule has 6 N–H and O–H groups in total. The van der Waals surface area contributed by atoms with Crippen LogP contribution in [0.1, 0.15) is 88.8 Å². The lowest BCUT2D eigenvalue weighted by atomic mass is 10.0. The number of ketones is 1. The number of aliphatic hydroxyl groups excluding tert-OH is 2. The van der Waals surface area contributed by atoms with Crippen LogP contribution >= 0.6 is 0 Å². The third kappa shape index (κ3) is 13.6. The molecule has 0 saturated carbocycles. The van der Waals surface area contributed by atoms with E-state index in [1.165, 1.54) is 0 Å². The molecule has 0 heterocycles. The molecule has 3 aromatic carbocycles. The summed E-state index contributed by atoms with van der Waals surface area (Å²) in [6.45, 7) is 1.53. The lowest BCUT2D eigenvalue weighted by molar-refractivity contribution is -0.118. The van der Waals surface area contributed by atoms with Crippen LogP contribution in [0.5, 0.6) is 0 Å². The lowest BCUT2D eigenvalue weighted by Crippen LogP contribution is -2.29. The van der Waals surface area contributed by atoms with E-state index < -0.39 is 0 Å². The summed E-state index contributed by atoms with van der Waals surface area (Å²) >= 11 is 0. The van der Waals surface area contributed by atoms with Gasteiger partial charge in [0, 0.05) is 62.5 Å². The van der Waals surface area contributed by atoms with E-state index in [-0.39, 0.29) is 36.8 Å². The number of rotatable bonds is 20. The van der Waals surface area contributed by atoms with Crippen LogP contribution in [0.2, 0.25) is 0 Å². The van der Waals surface area contributed by atoms with Gasteiger partial charge in [0.25, 0.3) is 11.8 Å². The van der Waals surface area contributed by atoms with Crippen molar-refractivity contribution in [1.82, 2.24) is 16.0 Å². The van der Waals surface area contributed by atoms with Gasteiger partial charge in [-0.3, -0.25) is 14.4 Å². The van der Waals surface area contributed by atoms with Gasteiger partial charge in [0.2, 0.25) is 0 Å². The van der Waals surface area contributed by atoms with Crippen molar-refractivity contribution in [2.75, 3.05) is 25.1 Å². The number of aliphatic hydroxyl groups is 2. The van der Waals surface area contributed by atoms with E-state index in [1.54, 1.807) is 36.4 Å². The first-order chi connectivity index (χ1) is 22.4. The molecule has 0 bridgehead atoms. The number of benzene rings is 3. The highest BCUT2D eigenvalue weighted by Gasteiger charge is 2.10. The van der Waals surface area contributed by atoms with Crippen LogP contribution in [-0.2, 0) is 24.3 Å². The van der Waals surface area contributed by atoms with Crippen molar-refractivity contribution >= 4 is 29.3 Å². The molecule has 0 radical (unpaired) electrons. The van der Waals surface area contributed by atoms with Crippen molar-refractivity contribution in [3.63, 3.8) is 0 Å². The number of amides is 4. The van der Waals surface area contributed by atoms with Crippen molar-refractivity contribution in [3.05, 3.63) is 101 Å². The van der Waals surface area contributed by atoms with Crippen molar-refractivity contribution in [1.29, 1.82) is 0 Å². The Kier molecular flexibility index (Phi) is 16.0. The SMILES string of the molecule is O=C(CCCCCCO)Cc1ccc(CNC(=O)c2ccc(C(=O)NCc3ccc(NC(=O)NCCCCCO)cc3)cc2)cc1. The molecule has 0 aliphatic carbocycles. The molecule has 246 valence electrons. The maximum absolute atomic E-state index is 12.7. The summed E-state index contributed by atoms with van der Waals surface area (Å²) in [6.07, 6.45) is 6.85. The van der Waals surface area contributed by atoms with Gasteiger partial charge in [0.05, 0.1) is 0 Å². The van der Waals surface area contributed by atoms with Crippen LogP contribution in [0.25, 0.3) is 0 Å². The topological polar surface area (TPSA) is 157 Å². The summed E-state index contributed by atoms with van der Waals surface area (Å²) < 4.78 is 0. The standard InChI is InChI=1S/C36H46N4O6/c41-22-6-2-1-4-8-33(43)24-27-9-11-28(12-10-27)25-38-34(44)30-15-17-31(18-16-30)35(45)39-26-29-13-19-32(20-14-29)40-36(46)37-21-5-3-7-23-42/h9-20,41-42H,1-8,21-26H2,(H,38,44)(H,39,45)(H2,37,40,46). The minimum absolute atomic E-state index is 0.156. The molecular weight excluding hydrogens is 584 g/mol. The number of nitrogens with one attached hydrogen (secondary N) is 4. The Balaban J connectivity index is 1.36. The van der Waals surface area contributed by atoms with E-state index in [1.807, 2.05) is 36.4 Å². The molecular formula is C36H46N4O6. The fourth-order valence-corrected chi connectivity index (χ4v) is 4.72. The predicted molar refractivity (Wildman–Crippen MR) is 179 cm³/mol. The summed E-state index contributed by atoms with van der Waals surface area (Å²) in [5.41, 5.74) is 4.24. The van der Waals surface area contributed by atoms with Crippen molar-refractivity contribution in [3.8, 4) is 0 Å². The van der Waals surface area contributed by atoms with Crippen molar-refractivity contribution < 1.29 is 29.4 Å². The van der Waals surface area contributed by atoms with E-state index in [4.69, 9.17) is 10.2 Å². The van der Waals surface area contributed by atoms with E-state index >= 15 is 0 Å². The molecule has 3 aromatic rings. The minimum Gasteiger partial charge on any atom is -0.396 e. The largest absolute Gasteiger partial charge is 0.396 e. The Bertz CT molecular complexity index is 1270. The maximum atomic E-state index is 12.7. The maximum Gasteiger partial charge on any atom is 0.319 e. The molecule has 4 amide bonds. The van der Waals surface area contributed by atoms with Gasteiger partial charge < -0.3 is 31.5 Å². The second-order valence-corrected chi connectivity index (χ2v) is 11.2. The van der Waals surface area contributed by atoms with Crippen molar-refractivity contribution in [2.24, 2.45) is 0 Å². The van der Waals surface area contributed by atoms with Gasteiger partial charge in [0.15, 0.2) is 0 Å². The predicted octanol–water partition coefficient (Wildman–Crippen LogP) is 4.89. The van der Waals surface area contributed by atoms with Crippen LogP contribution < -0.4 is 21.3 Å². The Morgan fingerprint density at radius 2 is 1.00 bits per heavy atom. The van der Waals surface area contributed by atoms with Gasteiger partial charge in [-0.2, -0.15) is 0 Å². The second-order valence-electron chi connectivity index (χ2n) is 11.2. The first-order valence-electron chi connectivity index (χ1n) is 16.0. The van der Waals surface area contributed by atoms with Crippen molar-refractivity contribution in [2.45, 2.75) is 70.9 Å². The normalized spacial score (nSPS) is 10.7. The average Bonchev–Trinajstić information content (AvgIpc) is 3.07. The van der Waals surface area contributed by atoms with Crippen LogP contribution in [0.4, 0.5) is 10.5 Å². The smallest absolute Gasteiger partial charge is 0.319 e. The van der Waals surface area contributed by atoms with Gasteiger partial charge in [0.1, 0.15) is 5.78 Å². The van der Waals surface area contributed by atoms with Crippen LogP contribution in [0.15, 0.2) is 72.8 Å². The van der Waals surface area contributed by atoms with Gasteiger partial charge in [-0.05, 0) is 85.2 Å². The molecule has 0 aromatic heterocycles. The minimum atomic E-state index is -0.293. The third-order valence-electron chi connectivity index (χ3n) is 7.44. The Morgan fingerprint density at radius 3 is 1.54 bits per heavy atom. The number of unbranched alkanes of at least 4 members (excludes halogenated alkanes) is 5. The number of carbonyl (C=O) groups is 4. The molecule has 0 aliphatic heterocycles. The first-order valence-corrected chi connectivity index (χ1v) is 16.0. The van der Waals surface area contributed by atoms with E-state index in [0.717, 1.165) is 61.6 Å².